The largest absolute Gasteiger partial charge is 0.481 e. The van der Waals surface area contributed by atoms with Crippen molar-refractivity contribution in [3.63, 3.8) is 0 Å². The summed E-state index contributed by atoms with van der Waals surface area (Å²) < 4.78 is 10.9. The van der Waals surface area contributed by atoms with Crippen molar-refractivity contribution in [3.05, 3.63) is 42.0 Å². The third-order valence-electron chi connectivity index (χ3n) is 3.34. The molecule has 0 radical (unpaired) electrons. The second kappa shape index (κ2) is 6.49. The maximum atomic E-state index is 5.64. The van der Waals surface area contributed by atoms with Crippen LogP contribution in [0.4, 0.5) is 5.82 Å². The standard InChI is InChI=1S/C15H18N4O2/c1-20-14-8-13(17-10-11-4-2-6-16-9-11)18-15(19-14)12-5-3-7-21-12/h2,4,6,8-9,12H,3,5,7,10H2,1H3,(H,17,18,19). The average Bonchev–Trinajstić information content (AvgIpc) is 3.08. The third-order valence-corrected chi connectivity index (χ3v) is 3.34. The van der Waals surface area contributed by atoms with Crippen molar-refractivity contribution in [2.75, 3.05) is 19.0 Å². The number of methoxy groups -OCH3 is 1. The van der Waals surface area contributed by atoms with Crippen LogP contribution in [0.5, 0.6) is 5.88 Å². The number of nitrogens with one attached hydrogen (secondary N) is 1. The van der Waals surface area contributed by atoms with Gasteiger partial charge in [-0.05, 0) is 24.5 Å². The van der Waals surface area contributed by atoms with Crippen molar-refractivity contribution in [2.24, 2.45) is 0 Å². The molecule has 3 rings (SSSR count). The predicted octanol–water partition coefficient (Wildman–Crippen LogP) is 2.34. The van der Waals surface area contributed by atoms with E-state index in [-0.39, 0.29) is 6.10 Å². The number of pyridine rings is 1. The SMILES string of the molecule is COc1cc(NCc2cccnc2)nc(C2CCCO2)n1. The molecule has 6 nitrogen and oxygen atoms in total. The normalized spacial score (nSPS) is 17.7. The highest BCUT2D eigenvalue weighted by Crippen LogP contribution is 2.28. The lowest BCUT2D eigenvalue weighted by atomic mass is 10.2. The Bertz CT molecular complexity index is 585. The minimum atomic E-state index is -0.0287. The van der Waals surface area contributed by atoms with E-state index >= 15 is 0 Å². The molecule has 1 fully saturated rings. The minimum Gasteiger partial charge on any atom is -0.481 e. The van der Waals surface area contributed by atoms with Gasteiger partial charge in [0, 0.05) is 31.6 Å². The number of ether oxygens (including phenoxy) is 2. The molecule has 1 aliphatic rings. The van der Waals surface area contributed by atoms with Crippen LogP contribution >= 0.6 is 0 Å². The fourth-order valence-corrected chi connectivity index (χ4v) is 2.26. The first kappa shape index (κ1) is 13.8. The highest BCUT2D eigenvalue weighted by molar-refractivity contribution is 5.39. The Balaban J connectivity index is 1.75. The van der Waals surface area contributed by atoms with Gasteiger partial charge >= 0.3 is 0 Å². The molecule has 0 amide bonds. The van der Waals surface area contributed by atoms with Crippen LogP contribution in [-0.4, -0.2) is 28.7 Å². The summed E-state index contributed by atoms with van der Waals surface area (Å²) in [4.78, 5) is 13.0. The van der Waals surface area contributed by atoms with Crippen molar-refractivity contribution in [1.82, 2.24) is 15.0 Å². The van der Waals surface area contributed by atoms with Gasteiger partial charge in [0.05, 0.1) is 7.11 Å². The van der Waals surface area contributed by atoms with Crippen LogP contribution in [0.25, 0.3) is 0 Å². The third kappa shape index (κ3) is 3.46. The fraction of sp³-hybridized carbons (Fsp3) is 0.400. The van der Waals surface area contributed by atoms with E-state index in [1.54, 1.807) is 19.4 Å². The van der Waals surface area contributed by atoms with E-state index in [0.717, 1.165) is 30.8 Å². The van der Waals surface area contributed by atoms with Gasteiger partial charge in [-0.15, -0.1) is 0 Å². The van der Waals surface area contributed by atoms with Gasteiger partial charge in [-0.2, -0.15) is 4.98 Å². The van der Waals surface area contributed by atoms with Gasteiger partial charge in [-0.25, -0.2) is 4.98 Å². The quantitative estimate of drug-likeness (QED) is 0.910. The molecule has 1 N–H and O–H groups in total. The minimum absolute atomic E-state index is 0.0287. The monoisotopic (exact) mass is 286 g/mol. The molecule has 110 valence electrons. The topological polar surface area (TPSA) is 69.2 Å². The molecule has 3 heterocycles. The number of aromatic nitrogens is 3. The molecule has 6 heteroatoms. The maximum absolute atomic E-state index is 5.64. The predicted molar refractivity (Wildman–Crippen MR) is 78.1 cm³/mol. The first-order valence-corrected chi connectivity index (χ1v) is 7.02. The molecule has 1 aliphatic heterocycles. The lowest BCUT2D eigenvalue weighted by Crippen LogP contribution is -2.08. The number of hydrogen-bond donors (Lipinski definition) is 1. The van der Waals surface area contributed by atoms with E-state index in [9.17, 15) is 0 Å². The van der Waals surface area contributed by atoms with Crippen molar-refractivity contribution >= 4 is 5.82 Å². The van der Waals surface area contributed by atoms with Crippen LogP contribution in [-0.2, 0) is 11.3 Å². The van der Waals surface area contributed by atoms with Crippen LogP contribution in [0.3, 0.4) is 0 Å². The Hall–Kier alpha value is -2.21. The molecule has 1 saturated heterocycles. The molecule has 0 spiro atoms. The van der Waals surface area contributed by atoms with E-state index in [1.807, 2.05) is 18.3 Å². The number of anilines is 1. The van der Waals surface area contributed by atoms with Gasteiger partial charge in [0.2, 0.25) is 5.88 Å². The highest BCUT2D eigenvalue weighted by atomic mass is 16.5. The Labute approximate surface area is 123 Å². The van der Waals surface area contributed by atoms with Gasteiger partial charge in [0.1, 0.15) is 11.9 Å². The Kier molecular flexibility index (Phi) is 4.25. The van der Waals surface area contributed by atoms with Crippen molar-refractivity contribution in [3.8, 4) is 5.88 Å². The summed E-state index contributed by atoms with van der Waals surface area (Å²) in [6, 6.07) is 5.71. The summed E-state index contributed by atoms with van der Waals surface area (Å²) in [6.07, 6.45) is 5.55. The maximum Gasteiger partial charge on any atom is 0.218 e. The van der Waals surface area contributed by atoms with Crippen molar-refractivity contribution in [1.29, 1.82) is 0 Å². The molecule has 1 atom stereocenters. The molecule has 0 bridgehead atoms. The van der Waals surface area contributed by atoms with Crippen LogP contribution in [0.2, 0.25) is 0 Å². The molecular weight excluding hydrogens is 268 g/mol. The van der Waals surface area contributed by atoms with Gasteiger partial charge in [-0.3, -0.25) is 4.98 Å². The van der Waals surface area contributed by atoms with E-state index in [1.165, 1.54) is 0 Å². The van der Waals surface area contributed by atoms with Crippen molar-refractivity contribution < 1.29 is 9.47 Å². The first-order chi connectivity index (χ1) is 10.3. The molecule has 2 aromatic rings. The number of nitrogens with zero attached hydrogens (tertiary/aromatic N) is 3. The smallest absolute Gasteiger partial charge is 0.218 e. The summed E-state index contributed by atoms with van der Waals surface area (Å²) in [7, 11) is 1.60. The molecular formula is C15H18N4O2. The van der Waals surface area contributed by atoms with E-state index in [4.69, 9.17) is 9.47 Å². The van der Waals surface area contributed by atoms with Gasteiger partial charge in [0.15, 0.2) is 5.82 Å². The van der Waals surface area contributed by atoms with Crippen LogP contribution in [0, 0.1) is 0 Å². The lowest BCUT2D eigenvalue weighted by Gasteiger charge is -2.12. The Morgan fingerprint density at radius 2 is 2.38 bits per heavy atom. The molecule has 2 aromatic heterocycles. The summed E-state index contributed by atoms with van der Waals surface area (Å²) in [5.41, 5.74) is 1.09. The lowest BCUT2D eigenvalue weighted by molar-refractivity contribution is 0.104. The Morgan fingerprint density at radius 3 is 3.10 bits per heavy atom. The number of rotatable bonds is 5. The van der Waals surface area contributed by atoms with E-state index in [2.05, 4.69) is 20.3 Å². The second-order valence-electron chi connectivity index (χ2n) is 4.87. The van der Waals surface area contributed by atoms with Crippen LogP contribution in [0.15, 0.2) is 30.6 Å². The molecule has 1 unspecified atom stereocenters. The zero-order chi connectivity index (χ0) is 14.5. The highest BCUT2D eigenvalue weighted by Gasteiger charge is 2.21. The molecule has 0 aliphatic carbocycles. The summed E-state index contributed by atoms with van der Waals surface area (Å²) in [5, 5.41) is 3.27. The number of hydrogen-bond acceptors (Lipinski definition) is 6. The zero-order valence-corrected chi connectivity index (χ0v) is 12.0. The zero-order valence-electron chi connectivity index (χ0n) is 12.0. The molecule has 21 heavy (non-hydrogen) atoms. The van der Waals surface area contributed by atoms with E-state index < -0.39 is 0 Å². The van der Waals surface area contributed by atoms with Gasteiger partial charge in [-0.1, -0.05) is 6.07 Å². The second-order valence-corrected chi connectivity index (χ2v) is 4.87. The van der Waals surface area contributed by atoms with Gasteiger partial charge in [0.25, 0.3) is 0 Å². The first-order valence-electron chi connectivity index (χ1n) is 7.02. The molecule has 0 saturated carbocycles. The molecule has 0 aromatic carbocycles. The average molecular weight is 286 g/mol. The summed E-state index contributed by atoms with van der Waals surface area (Å²) in [5.74, 6) is 1.96. The van der Waals surface area contributed by atoms with Crippen molar-refractivity contribution in [2.45, 2.75) is 25.5 Å². The van der Waals surface area contributed by atoms with Crippen LogP contribution in [0.1, 0.15) is 30.3 Å². The fourth-order valence-electron chi connectivity index (χ4n) is 2.26. The van der Waals surface area contributed by atoms with Gasteiger partial charge < -0.3 is 14.8 Å². The van der Waals surface area contributed by atoms with Crippen LogP contribution < -0.4 is 10.1 Å². The summed E-state index contributed by atoms with van der Waals surface area (Å²) in [6.45, 7) is 1.42. The Morgan fingerprint density at radius 1 is 1.43 bits per heavy atom. The summed E-state index contributed by atoms with van der Waals surface area (Å²) >= 11 is 0. The van der Waals surface area contributed by atoms with E-state index in [0.29, 0.717) is 18.2 Å².